The van der Waals surface area contributed by atoms with Crippen LogP contribution in [0.2, 0.25) is 0 Å². The first-order valence-electron chi connectivity index (χ1n) is 3.58. The first-order chi connectivity index (χ1) is 8.06. The molecule has 0 rings (SSSR count). The van der Waals surface area contributed by atoms with E-state index in [0.29, 0.717) is 13.1 Å². The zero-order valence-electron chi connectivity index (χ0n) is 10.4. The number of hydrogen-bond donors (Lipinski definition) is 6. The van der Waals surface area contributed by atoms with Gasteiger partial charge in [0.05, 0.1) is 0 Å². The molecule has 0 bridgehead atoms. The average molecular weight is 336 g/mol. The van der Waals surface area contributed by atoms with Gasteiger partial charge in [-0.3, -0.25) is 9.11 Å². The third-order valence-corrected chi connectivity index (χ3v) is 0.167. The summed E-state index contributed by atoms with van der Waals surface area (Å²) >= 11 is -0.250. The molecule has 0 amide bonds. The molecule has 0 aliphatic heterocycles. The van der Waals surface area contributed by atoms with Crippen molar-refractivity contribution in [1.29, 1.82) is 0 Å². The minimum absolute atomic E-state index is 0. The van der Waals surface area contributed by atoms with Crippen LogP contribution in [0, 0.1) is 0 Å². The van der Waals surface area contributed by atoms with Gasteiger partial charge in [0.25, 0.3) is 0 Å². The van der Waals surface area contributed by atoms with Crippen molar-refractivity contribution >= 4 is 35.5 Å². The number of carbonyl (C=O) groups is 2. The van der Waals surface area contributed by atoms with Gasteiger partial charge < -0.3 is 35.3 Å². The molecule has 114 valence electrons. The van der Waals surface area contributed by atoms with Crippen molar-refractivity contribution in [1.82, 2.24) is 0 Å². The largest absolute Gasteiger partial charge is 1.00 e. The van der Waals surface area contributed by atoms with E-state index in [9.17, 15) is 0 Å². The number of carbonyl (C=O) groups excluding carboxylic acids is 2. The third kappa shape index (κ3) is 3320. The molecule has 0 aliphatic rings. The summed E-state index contributed by atoms with van der Waals surface area (Å²) in [5.41, 5.74) is 9.81. The van der Waals surface area contributed by atoms with Gasteiger partial charge in [0, 0.05) is 19.1 Å². The van der Waals surface area contributed by atoms with Crippen molar-refractivity contribution in [3.8, 4) is 0 Å². The van der Waals surface area contributed by atoms with Gasteiger partial charge in [0.2, 0.25) is 0 Å². The molecule has 0 aromatic rings. The summed E-state index contributed by atoms with van der Waals surface area (Å²) in [6.45, 7) is 4.17. The van der Waals surface area contributed by atoms with Crippen LogP contribution in [-0.2, 0) is 20.0 Å². The Labute approximate surface area is 137 Å². The zero-order chi connectivity index (χ0) is 16.2. The average Bonchev–Trinajstić information content (AvgIpc) is 2.18. The molecule has 0 unspecified atom stereocenters. The summed E-state index contributed by atoms with van der Waals surface area (Å²) < 4.78 is 45.7. The molecule has 0 spiro atoms. The standard InChI is InChI=1S/C2H8N2.C2H4O2.CH2O.Na.H2O4S.H2O2S/c3-1-2-4;1-2(3)4;1-2;;1-5(2,3)4;1-3-2/h1-4H2;1H3,(H,3,4);1H2;;(H2,1,2,3,4);1-2H/q;;;+1;;/p-1. The Morgan fingerprint density at radius 2 is 1.26 bits per heavy atom. The second-order valence-corrected chi connectivity index (χ2v) is 2.66. The van der Waals surface area contributed by atoms with Crippen LogP contribution in [0.1, 0.15) is 6.92 Å². The predicted molar refractivity (Wildman–Crippen MR) is 62.9 cm³/mol. The third-order valence-electron chi connectivity index (χ3n) is 0.167. The van der Waals surface area contributed by atoms with Crippen LogP contribution < -0.4 is 46.1 Å². The Hall–Kier alpha value is 0.200. The van der Waals surface area contributed by atoms with Crippen LogP contribution in [0.25, 0.3) is 0 Å². The SMILES string of the molecule is C=O.CC(=O)[O-].NCCN.O=S(=O)(O)O.OSO.[Na+]. The summed E-state index contributed by atoms with van der Waals surface area (Å²) in [5, 5.41) is 8.89. The molecule has 0 saturated heterocycles. The molecule has 0 saturated carbocycles. The fraction of sp³-hybridized carbons (Fsp3) is 0.600. The molecular formula is C5H17N2NaO9S2. The quantitative estimate of drug-likeness (QED) is 0.150. The van der Waals surface area contributed by atoms with Gasteiger partial charge in [-0.05, 0) is 6.92 Å². The monoisotopic (exact) mass is 336 g/mol. The number of carboxylic acid groups (broad SMARTS) is 1. The van der Waals surface area contributed by atoms with Gasteiger partial charge >= 0.3 is 40.0 Å². The topological polar surface area (TPSA) is 224 Å². The Balaban J connectivity index is -0.0000000283. The maximum atomic E-state index is 8.89. The number of aliphatic carboxylic acids is 1. The van der Waals surface area contributed by atoms with Crippen molar-refractivity contribution in [2.45, 2.75) is 6.92 Å². The molecule has 8 N–H and O–H groups in total. The summed E-state index contributed by atoms with van der Waals surface area (Å²) in [4.78, 5) is 16.9. The summed E-state index contributed by atoms with van der Waals surface area (Å²) in [7, 11) is -4.67. The van der Waals surface area contributed by atoms with E-state index in [1.54, 1.807) is 0 Å². The normalized spacial score (nSPS) is 7.11. The zero-order valence-corrected chi connectivity index (χ0v) is 14.1. The van der Waals surface area contributed by atoms with E-state index in [-0.39, 0.29) is 41.9 Å². The van der Waals surface area contributed by atoms with Gasteiger partial charge in [0.15, 0.2) is 12.3 Å². The number of carboxylic acids is 1. The maximum absolute atomic E-state index is 8.89. The predicted octanol–water partition coefficient (Wildman–Crippen LogP) is -5.51. The summed E-state index contributed by atoms with van der Waals surface area (Å²) in [6, 6.07) is 0. The molecule has 0 aliphatic carbocycles. The minimum Gasteiger partial charge on any atom is -0.550 e. The van der Waals surface area contributed by atoms with Gasteiger partial charge in [-0.15, -0.1) is 0 Å². The second-order valence-electron chi connectivity index (χ2n) is 1.60. The van der Waals surface area contributed by atoms with Crippen LogP contribution in [0.3, 0.4) is 0 Å². The van der Waals surface area contributed by atoms with Gasteiger partial charge in [-0.2, -0.15) is 8.42 Å². The van der Waals surface area contributed by atoms with Crippen molar-refractivity contribution in [2.24, 2.45) is 11.5 Å². The summed E-state index contributed by atoms with van der Waals surface area (Å²) in [6.07, 6.45) is 0. The van der Waals surface area contributed by atoms with E-state index >= 15 is 0 Å². The molecular weight excluding hydrogens is 319 g/mol. The number of rotatable bonds is 1. The number of hydrogen-bond acceptors (Lipinski definition) is 10. The Morgan fingerprint density at radius 3 is 1.26 bits per heavy atom. The molecule has 14 heteroatoms. The minimum atomic E-state index is -4.67. The first kappa shape index (κ1) is 36.5. The summed E-state index contributed by atoms with van der Waals surface area (Å²) in [5.74, 6) is -1.08. The van der Waals surface area contributed by atoms with E-state index in [0.717, 1.165) is 6.92 Å². The first-order valence-corrected chi connectivity index (χ1v) is 5.70. The molecule has 0 aromatic carbocycles. The fourth-order valence-electron chi connectivity index (χ4n) is 0. The van der Waals surface area contributed by atoms with Crippen molar-refractivity contribution in [3.63, 3.8) is 0 Å². The smallest absolute Gasteiger partial charge is 0.550 e. The molecule has 0 radical (unpaired) electrons. The van der Waals surface area contributed by atoms with Crippen LogP contribution >= 0.6 is 12.3 Å². The van der Waals surface area contributed by atoms with Crippen LogP contribution in [0.4, 0.5) is 0 Å². The maximum Gasteiger partial charge on any atom is 1.00 e. The fourth-order valence-corrected chi connectivity index (χ4v) is 0. The molecule has 19 heavy (non-hydrogen) atoms. The molecule has 11 nitrogen and oxygen atoms in total. The Morgan fingerprint density at radius 1 is 1.21 bits per heavy atom. The van der Waals surface area contributed by atoms with E-state index in [4.69, 9.17) is 52.8 Å². The van der Waals surface area contributed by atoms with Crippen LogP contribution in [0.15, 0.2) is 0 Å². The van der Waals surface area contributed by atoms with E-state index < -0.39 is 16.4 Å². The van der Waals surface area contributed by atoms with Gasteiger partial charge in [-0.25, -0.2) is 0 Å². The molecule has 0 heterocycles. The Bertz CT molecular complexity index is 225. The molecule has 0 atom stereocenters. The molecule has 0 fully saturated rings. The van der Waals surface area contributed by atoms with Crippen LogP contribution in [-0.4, -0.2) is 52.5 Å². The van der Waals surface area contributed by atoms with Crippen LogP contribution in [0.5, 0.6) is 0 Å². The van der Waals surface area contributed by atoms with Crippen molar-refractivity contribution in [2.75, 3.05) is 13.1 Å². The molecule has 0 aromatic heterocycles. The Kier molecular flexibility index (Phi) is 69.5. The van der Waals surface area contributed by atoms with E-state index in [1.165, 1.54) is 0 Å². The van der Waals surface area contributed by atoms with Gasteiger partial charge in [0.1, 0.15) is 6.79 Å². The van der Waals surface area contributed by atoms with Crippen molar-refractivity contribution in [3.05, 3.63) is 0 Å². The second kappa shape index (κ2) is 36.2. The van der Waals surface area contributed by atoms with Crippen molar-refractivity contribution < 1.29 is 70.9 Å². The van der Waals surface area contributed by atoms with E-state index in [1.807, 2.05) is 6.79 Å². The van der Waals surface area contributed by atoms with E-state index in [2.05, 4.69) is 0 Å². The van der Waals surface area contributed by atoms with Gasteiger partial charge in [-0.1, -0.05) is 0 Å². The number of nitrogens with two attached hydrogens (primary N) is 2.